The van der Waals surface area contributed by atoms with Gasteiger partial charge in [0.05, 0.1) is 6.04 Å². The summed E-state index contributed by atoms with van der Waals surface area (Å²) in [5, 5.41) is 29.4. The van der Waals surface area contributed by atoms with E-state index >= 15 is 0 Å². The van der Waals surface area contributed by atoms with Gasteiger partial charge in [0.15, 0.2) is 11.4 Å². The van der Waals surface area contributed by atoms with E-state index in [-0.39, 0.29) is 6.54 Å². The van der Waals surface area contributed by atoms with E-state index < -0.39 is 58.8 Å². The molecular formula is C24H20N2O7. The van der Waals surface area contributed by atoms with Gasteiger partial charge in [0.2, 0.25) is 5.43 Å². The minimum atomic E-state index is -1.54. The standard InChI is InChI=1S/C24H20N2O7/c27-18(28)13-25-12-17(19(14-7-3-1-4-8-14)15-9-5-2-6-10-15)26-11-16(24(32)33)21(29)22(30)20(26)23(25)31/h1-11,17,19,30H,12-13H2,(H,27,28)(H,32,33). The fourth-order valence-electron chi connectivity index (χ4n) is 4.31. The van der Waals surface area contributed by atoms with Crippen molar-refractivity contribution in [1.82, 2.24) is 9.47 Å². The number of carboxylic acid groups (broad SMARTS) is 2. The van der Waals surface area contributed by atoms with Gasteiger partial charge in [-0.3, -0.25) is 14.4 Å². The van der Waals surface area contributed by atoms with Crippen molar-refractivity contribution in [3.63, 3.8) is 0 Å². The minimum absolute atomic E-state index is 0.0754. The lowest BCUT2D eigenvalue weighted by atomic mass is 9.83. The summed E-state index contributed by atoms with van der Waals surface area (Å²) in [6, 6.07) is 17.8. The quantitative estimate of drug-likeness (QED) is 0.525. The summed E-state index contributed by atoms with van der Waals surface area (Å²) in [5.41, 5.74) is -0.646. The molecule has 2 aromatic carbocycles. The van der Waals surface area contributed by atoms with Crippen molar-refractivity contribution in [2.24, 2.45) is 0 Å². The second kappa shape index (κ2) is 8.62. The molecule has 0 saturated heterocycles. The Hall–Kier alpha value is -4.40. The number of benzene rings is 2. The third-order valence-electron chi connectivity index (χ3n) is 5.72. The van der Waals surface area contributed by atoms with Crippen molar-refractivity contribution in [2.45, 2.75) is 12.0 Å². The predicted octanol–water partition coefficient (Wildman–Crippen LogP) is 2.17. The fourth-order valence-corrected chi connectivity index (χ4v) is 4.31. The van der Waals surface area contributed by atoms with Crippen LogP contribution in [0.3, 0.4) is 0 Å². The van der Waals surface area contributed by atoms with Gasteiger partial charge in [-0.1, -0.05) is 60.7 Å². The molecule has 0 saturated carbocycles. The molecular weight excluding hydrogens is 428 g/mol. The number of aromatic carboxylic acids is 1. The highest BCUT2D eigenvalue weighted by Crippen LogP contribution is 2.40. The maximum atomic E-state index is 13.0. The van der Waals surface area contributed by atoms with Crippen LogP contribution in [0.15, 0.2) is 71.7 Å². The first-order valence-electron chi connectivity index (χ1n) is 10.1. The van der Waals surface area contributed by atoms with Crippen LogP contribution in [0.25, 0.3) is 0 Å². The molecule has 9 nitrogen and oxygen atoms in total. The number of pyridine rings is 1. The number of aromatic nitrogens is 1. The van der Waals surface area contributed by atoms with Crippen molar-refractivity contribution < 1.29 is 29.7 Å². The number of rotatable bonds is 6. The maximum Gasteiger partial charge on any atom is 0.341 e. The van der Waals surface area contributed by atoms with Crippen molar-refractivity contribution >= 4 is 17.8 Å². The van der Waals surface area contributed by atoms with Crippen molar-refractivity contribution in [2.75, 3.05) is 13.1 Å². The number of carbonyl (C=O) groups excluding carboxylic acids is 1. The monoisotopic (exact) mass is 448 g/mol. The summed E-state index contributed by atoms with van der Waals surface area (Å²) < 4.78 is 1.30. The first kappa shape index (κ1) is 21.8. The zero-order chi connectivity index (χ0) is 23.7. The van der Waals surface area contributed by atoms with Gasteiger partial charge >= 0.3 is 11.9 Å². The molecule has 0 spiro atoms. The molecule has 168 valence electrons. The number of aliphatic carboxylic acids is 1. The molecule has 9 heteroatoms. The third kappa shape index (κ3) is 3.96. The molecule has 33 heavy (non-hydrogen) atoms. The van der Waals surface area contributed by atoms with Crippen molar-refractivity contribution in [3.05, 3.63) is 99.5 Å². The molecule has 0 bridgehead atoms. The zero-order valence-electron chi connectivity index (χ0n) is 17.3. The van der Waals surface area contributed by atoms with Gasteiger partial charge in [-0.05, 0) is 11.1 Å². The largest absolute Gasteiger partial charge is 0.503 e. The number of nitrogens with zero attached hydrogens (tertiary/aromatic N) is 2. The molecule has 4 rings (SSSR count). The highest BCUT2D eigenvalue weighted by molar-refractivity contribution is 5.98. The Kier molecular flexibility index (Phi) is 5.70. The van der Waals surface area contributed by atoms with Crippen LogP contribution in [-0.4, -0.2) is 55.7 Å². The molecule has 3 aromatic rings. The summed E-state index contributed by atoms with van der Waals surface area (Å²) in [7, 11) is 0. The molecule has 1 atom stereocenters. The Bertz CT molecular complexity index is 1250. The normalized spacial score (nSPS) is 15.4. The molecule has 3 N–H and O–H groups in total. The summed E-state index contributed by atoms with van der Waals surface area (Å²) >= 11 is 0. The lowest BCUT2D eigenvalue weighted by Crippen LogP contribution is -2.48. The van der Waals surface area contributed by atoms with E-state index in [2.05, 4.69) is 0 Å². The predicted molar refractivity (Wildman–Crippen MR) is 117 cm³/mol. The second-order valence-electron chi connectivity index (χ2n) is 7.73. The number of carbonyl (C=O) groups is 3. The lowest BCUT2D eigenvalue weighted by molar-refractivity contribution is -0.138. The summed E-state index contributed by atoms with van der Waals surface area (Å²) in [6.45, 7) is -0.714. The van der Waals surface area contributed by atoms with Crippen LogP contribution in [0.4, 0.5) is 0 Å². The number of amides is 1. The van der Waals surface area contributed by atoms with Gasteiger partial charge in [0.25, 0.3) is 5.91 Å². The summed E-state index contributed by atoms with van der Waals surface area (Å²) in [4.78, 5) is 49.6. The highest BCUT2D eigenvalue weighted by atomic mass is 16.4. The first-order valence-corrected chi connectivity index (χ1v) is 10.1. The van der Waals surface area contributed by atoms with E-state index in [1.807, 2.05) is 60.7 Å². The average molecular weight is 448 g/mol. The van der Waals surface area contributed by atoms with E-state index in [1.54, 1.807) is 0 Å². The highest BCUT2D eigenvalue weighted by Gasteiger charge is 2.40. The van der Waals surface area contributed by atoms with Gasteiger partial charge < -0.3 is 24.8 Å². The fraction of sp³-hybridized carbons (Fsp3) is 0.167. The molecule has 1 amide bonds. The van der Waals surface area contributed by atoms with Gasteiger partial charge in [-0.2, -0.15) is 0 Å². The number of hydrogen-bond acceptors (Lipinski definition) is 5. The summed E-state index contributed by atoms with van der Waals surface area (Å²) in [6.07, 6.45) is 1.05. The molecule has 0 aliphatic carbocycles. The number of fused-ring (bicyclic) bond motifs is 1. The molecule has 2 heterocycles. The molecule has 1 aliphatic heterocycles. The topological polar surface area (TPSA) is 137 Å². The number of aromatic hydroxyl groups is 1. The van der Waals surface area contributed by atoms with Crippen molar-refractivity contribution in [1.29, 1.82) is 0 Å². The molecule has 1 unspecified atom stereocenters. The van der Waals surface area contributed by atoms with Crippen LogP contribution >= 0.6 is 0 Å². The SMILES string of the molecule is O=C(O)CN1CC(C(c2ccccc2)c2ccccc2)n2cc(C(=O)O)c(=O)c(O)c2C1=O. The van der Waals surface area contributed by atoms with Crippen LogP contribution in [0.1, 0.15) is 43.9 Å². The Morgan fingerprint density at radius 2 is 1.48 bits per heavy atom. The molecule has 1 aliphatic rings. The van der Waals surface area contributed by atoms with Gasteiger partial charge in [-0.15, -0.1) is 0 Å². The molecule has 1 aromatic heterocycles. The van der Waals surface area contributed by atoms with E-state index in [0.29, 0.717) is 0 Å². The Labute approximate surface area is 187 Å². The van der Waals surface area contributed by atoms with Crippen LogP contribution in [0, 0.1) is 0 Å². The number of carboxylic acids is 2. The van der Waals surface area contributed by atoms with Gasteiger partial charge in [0.1, 0.15) is 12.1 Å². The Morgan fingerprint density at radius 1 is 0.939 bits per heavy atom. The third-order valence-corrected chi connectivity index (χ3v) is 5.72. The molecule has 0 radical (unpaired) electrons. The maximum absolute atomic E-state index is 13.0. The zero-order valence-corrected chi connectivity index (χ0v) is 17.3. The average Bonchev–Trinajstić information content (AvgIpc) is 2.79. The molecule has 0 fully saturated rings. The Morgan fingerprint density at radius 3 is 1.97 bits per heavy atom. The summed E-state index contributed by atoms with van der Waals surface area (Å²) in [5.74, 6) is -5.12. The Balaban J connectivity index is 2.00. The van der Waals surface area contributed by atoms with E-state index in [4.69, 9.17) is 0 Å². The van der Waals surface area contributed by atoms with E-state index in [1.165, 1.54) is 4.57 Å². The van der Waals surface area contributed by atoms with Crippen LogP contribution in [-0.2, 0) is 4.79 Å². The second-order valence-corrected chi connectivity index (χ2v) is 7.73. The van der Waals surface area contributed by atoms with E-state index in [9.17, 15) is 34.5 Å². The van der Waals surface area contributed by atoms with Gasteiger partial charge in [-0.25, -0.2) is 4.79 Å². The van der Waals surface area contributed by atoms with Crippen LogP contribution in [0.5, 0.6) is 5.75 Å². The number of hydrogen-bond donors (Lipinski definition) is 3. The minimum Gasteiger partial charge on any atom is -0.503 e. The first-order chi connectivity index (χ1) is 15.8. The van der Waals surface area contributed by atoms with E-state index in [0.717, 1.165) is 22.2 Å². The van der Waals surface area contributed by atoms with Crippen LogP contribution < -0.4 is 5.43 Å². The lowest BCUT2D eigenvalue weighted by Gasteiger charge is -2.40. The smallest absolute Gasteiger partial charge is 0.341 e. The van der Waals surface area contributed by atoms with Gasteiger partial charge in [0, 0.05) is 18.7 Å². The van der Waals surface area contributed by atoms with Crippen molar-refractivity contribution in [3.8, 4) is 5.75 Å². The van der Waals surface area contributed by atoms with Crippen LogP contribution in [0.2, 0.25) is 0 Å².